The zero-order valence-electron chi connectivity index (χ0n) is 26.6. The number of ether oxygens (including phenoxy) is 2. The van der Waals surface area contributed by atoms with Crippen molar-refractivity contribution in [3.05, 3.63) is 65.4 Å². The summed E-state index contributed by atoms with van der Waals surface area (Å²) in [6, 6.07) is 12.6. The van der Waals surface area contributed by atoms with Crippen LogP contribution in [0.2, 0.25) is 5.02 Å². The van der Waals surface area contributed by atoms with Crippen LogP contribution in [0.25, 0.3) is 22.0 Å². The molecular weight excluding hydrogens is 628 g/mol. The highest BCUT2D eigenvalue weighted by molar-refractivity contribution is 7.92. The molecule has 0 unspecified atom stereocenters. The second kappa shape index (κ2) is 13.7. The summed E-state index contributed by atoms with van der Waals surface area (Å²) in [7, 11) is -3.50. The maximum Gasteiger partial charge on any atom is 0.410 e. The van der Waals surface area contributed by atoms with Crippen molar-refractivity contribution in [2.75, 3.05) is 28.9 Å². The van der Waals surface area contributed by atoms with Gasteiger partial charge in [-0.05, 0) is 70.7 Å². The normalized spacial score (nSPS) is 15.4. The van der Waals surface area contributed by atoms with Gasteiger partial charge in [0.2, 0.25) is 21.9 Å². The third-order valence-electron chi connectivity index (χ3n) is 7.30. The molecule has 1 atom stereocenters. The number of carbonyl (C=O) groups is 1. The smallest absolute Gasteiger partial charge is 0.410 e. The van der Waals surface area contributed by atoms with Crippen molar-refractivity contribution in [3.63, 3.8) is 0 Å². The number of aryl methyl sites for hydroxylation is 1. The van der Waals surface area contributed by atoms with Gasteiger partial charge in [-0.25, -0.2) is 28.2 Å². The number of benzene rings is 2. The molecule has 0 spiro atoms. The Morgan fingerprint density at radius 2 is 1.93 bits per heavy atom. The molecule has 1 aliphatic heterocycles. The van der Waals surface area contributed by atoms with Gasteiger partial charge in [-0.1, -0.05) is 42.8 Å². The van der Waals surface area contributed by atoms with Crippen molar-refractivity contribution >= 4 is 50.1 Å². The van der Waals surface area contributed by atoms with Crippen molar-refractivity contribution in [1.82, 2.24) is 19.9 Å². The Balaban J connectivity index is 1.42. The molecule has 1 amide bonds. The first-order valence-corrected chi connectivity index (χ1v) is 17.3. The van der Waals surface area contributed by atoms with Crippen LogP contribution in [-0.4, -0.2) is 64.8 Å². The molecule has 4 aromatic rings. The van der Waals surface area contributed by atoms with Crippen LogP contribution in [0.4, 0.5) is 16.4 Å². The van der Waals surface area contributed by atoms with Crippen LogP contribution in [0.5, 0.6) is 11.6 Å². The standard InChI is InChI=1S/C33H39ClN6O5S/c1-6-17-46(42,43)39-28-11-7-10-25-24(28)13-12-21(2)29(25)44-30-26(18-22(34)19-36-30)27-14-15-35-31(38-27)37-23-9-8-16-40(20-23)32(41)45-33(3,4)5/h7,10-15,18-19,23,39H,6,8-9,16-17,20H2,1-5H3,(H,35,37,38)/t23-/m0/s1. The Labute approximate surface area is 274 Å². The molecule has 244 valence electrons. The number of piperidine rings is 1. The quantitative estimate of drug-likeness (QED) is 0.187. The summed E-state index contributed by atoms with van der Waals surface area (Å²) in [6.45, 7) is 10.4. The van der Waals surface area contributed by atoms with Gasteiger partial charge in [0.25, 0.3) is 0 Å². The van der Waals surface area contributed by atoms with Gasteiger partial charge in [0, 0.05) is 42.3 Å². The number of pyridine rings is 1. The maximum atomic E-state index is 12.7. The zero-order valence-corrected chi connectivity index (χ0v) is 28.2. The Morgan fingerprint density at radius 1 is 1.13 bits per heavy atom. The lowest BCUT2D eigenvalue weighted by molar-refractivity contribution is 0.0206. The lowest BCUT2D eigenvalue weighted by atomic mass is 10.0. The number of nitrogens with zero attached hydrogens (tertiary/aromatic N) is 4. The highest BCUT2D eigenvalue weighted by Crippen LogP contribution is 2.39. The van der Waals surface area contributed by atoms with Crippen LogP contribution in [0.1, 0.15) is 52.5 Å². The van der Waals surface area contributed by atoms with Crippen molar-refractivity contribution in [3.8, 4) is 22.9 Å². The van der Waals surface area contributed by atoms with E-state index in [1.165, 1.54) is 6.20 Å². The lowest BCUT2D eigenvalue weighted by Crippen LogP contribution is -2.47. The third kappa shape index (κ3) is 8.16. The number of fused-ring (bicyclic) bond motifs is 1. The van der Waals surface area contributed by atoms with Gasteiger partial charge in [0.05, 0.1) is 27.7 Å². The monoisotopic (exact) mass is 666 g/mol. The number of likely N-dealkylation sites (tertiary alicyclic amines) is 1. The van der Waals surface area contributed by atoms with Crippen LogP contribution >= 0.6 is 11.6 Å². The number of sulfonamides is 1. The van der Waals surface area contributed by atoms with E-state index in [0.29, 0.717) is 58.6 Å². The van der Waals surface area contributed by atoms with E-state index < -0.39 is 15.6 Å². The van der Waals surface area contributed by atoms with Crippen molar-refractivity contribution in [2.45, 2.75) is 65.5 Å². The summed E-state index contributed by atoms with van der Waals surface area (Å²) in [4.78, 5) is 28.0. The van der Waals surface area contributed by atoms with Gasteiger partial charge in [-0.15, -0.1) is 0 Å². The molecule has 46 heavy (non-hydrogen) atoms. The SMILES string of the molecule is CCCS(=O)(=O)Nc1cccc2c(Oc3ncc(Cl)cc3-c3ccnc(N[C@H]4CCCN(C(=O)OC(C)(C)C)C4)n3)c(C)ccc12. The number of carbonyl (C=O) groups excluding carboxylic acids is 1. The maximum absolute atomic E-state index is 12.7. The number of amides is 1. The minimum Gasteiger partial charge on any atom is -0.444 e. The summed E-state index contributed by atoms with van der Waals surface area (Å²) in [5, 5.41) is 5.18. The Morgan fingerprint density at radius 3 is 2.70 bits per heavy atom. The molecule has 11 nitrogen and oxygen atoms in total. The third-order valence-corrected chi connectivity index (χ3v) is 8.98. The predicted molar refractivity (Wildman–Crippen MR) is 181 cm³/mol. The highest BCUT2D eigenvalue weighted by Gasteiger charge is 2.28. The molecular formula is C33H39ClN6O5S. The summed E-state index contributed by atoms with van der Waals surface area (Å²) >= 11 is 6.40. The average Bonchev–Trinajstić information content (AvgIpc) is 2.98. The number of rotatable bonds is 9. The van der Waals surface area contributed by atoms with Crippen LogP contribution < -0.4 is 14.8 Å². The fourth-order valence-electron chi connectivity index (χ4n) is 5.29. The minimum absolute atomic E-state index is 0.0230. The van der Waals surface area contributed by atoms with E-state index in [2.05, 4.69) is 20.0 Å². The fourth-order valence-corrected chi connectivity index (χ4v) is 6.60. The van der Waals surface area contributed by atoms with E-state index >= 15 is 0 Å². The van der Waals surface area contributed by atoms with Crippen LogP contribution in [0.3, 0.4) is 0 Å². The highest BCUT2D eigenvalue weighted by atomic mass is 35.5. The molecule has 2 aromatic carbocycles. The van der Waals surface area contributed by atoms with Crippen LogP contribution in [-0.2, 0) is 14.8 Å². The Bertz CT molecular complexity index is 1850. The number of halogens is 1. The number of anilines is 2. The number of aromatic nitrogens is 3. The first kappa shape index (κ1) is 33.2. The molecule has 1 aliphatic rings. The van der Waals surface area contributed by atoms with Crippen LogP contribution in [0, 0.1) is 6.92 Å². The van der Waals surface area contributed by atoms with E-state index in [4.69, 9.17) is 26.1 Å². The summed E-state index contributed by atoms with van der Waals surface area (Å²) in [5.74, 6) is 1.22. The topological polar surface area (TPSA) is 136 Å². The van der Waals surface area contributed by atoms with E-state index in [1.807, 2.05) is 52.8 Å². The molecule has 2 aromatic heterocycles. The minimum atomic E-state index is -3.50. The average molecular weight is 667 g/mol. The predicted octanol–water partition coefficient (Wildman–Crippen LogP) is 7.41. The second-order valence-electron chi connectivity index (χ2n) is 12.3. The summed E-state index contributed by atoms with van der Waals surface area (Å²) in [6.07, 6.45) is 4.97. The van der Waals surface area contributed by atoms with Crippen LogP contribution in [0.15, 0.2) is 54.9 Å². The largest absolute Gasteiger partial charge is 0.444 e. The van der Waals surface area contributed by atoms with Crippen molar-refractivity contribution < 1.29 is 22.7 Å². The van der Waals surface area contributed by atoms with Crippen molar-refractivity contribution in [2.24, 2.45) is 0 Å². The second-order valence-corrected chi connectivity index (χ2v) is 14.6. The lowest BCUT2D eigenvalue weighted by Gasteiger charge is -2.34. The van der Waals surface area contributed by atoms with Gasteiger partial charge in [0.15, 0.2) is 0 Å². The summed E-state index contributed by atoms with van der Waals surface area (Å²) < 4.78 is 39.9. The van der Waals surface area contributed by atoms with Gasteiger partial charge in [-0.3, -0.25) is 4.72 Å². The van der Waals surface area contributed by atoms with Gasteiger partial charge in [-0.2, -0.15) is 0 Å². The molecule has 13 heteroatoms. The Hall–Kier alpha value is -4.16. The molecule has 5 rings (SSSR count). The fraction of sp³-hybridized carbons (Fsp3) is 0.394. The van der Waals surface area contributed by atoms with Crippen molar-refractivity contribution in [1.29, 1.82) is 0 Å². The number of hydrogen-bond acceptors (Lipinski definition) is 9. The van der Waals surface area contributed by atoms with Gasteiger partial charge in [0.1, 0.15) is 11.4 Å². The van der Waals surface area contributed by atoms with E-state index in [0.717, 1.165) is 23.8 Å². The first-order valence-electron chi connectivity index (χ1n) is 15.3. The zero-order chi connectivity index (χ0) is 33.1. The molecule has 0 aliphatic carbocycles. The van der Waals surface area contributed by atoms with Gasteiger partial charge >= 0.3 is 6.09 Å². The van der Waals surface area contributed by atoms with E-state index in [-0.39, 0.29) is 23.8 Å². The molecule has 0 saturated carbocycles. The molecule has 0 bridgehead atoms. The van der Waals surface area contributed by atoms with E-state index in [9.17, 15) is 13.2 Å². The summed E-state index contributed by atoms with van der Waals surface area (Å²) in [5.41, 5.74) is 1.82. The number of nitrogens with one attached hydrogen (secondary N) is 2. The molecule has 2 N–H and O–H groups in total. The molecule has 0 radical (unpaired) electrons. The molecule has 1 saturated heterocycles. The first-order chi connectivity index (χ1) is 21.8. The Kier molecular flexibility index (Phi) is 9.88. The number of hydrogen-bond donors (Lipinski definition) is 2. The molecule has 3 heterocycles. The van der Waals surface area contributed by atoms with Gasteiger partial charge < -0.3 is 19.7 Å². The van der Waals surface area contributed by atoms with E-state index in [1.54, 1.807) is 35.4 Å². The molecule has 1 fully saturated rings.